The van der Waals surface area contributed by atoms with Crippen molar-refractivity contribution in [3.8, 4) is 24.1 Å². The molecule has 0 aromatic rings. The highest BCUT2D eigenvalue weighted by molar-refractivity contribution is 5.18. The van der Waals surface area contributed by atoms with Gasteiger partial charge in [-0.25, -0.2) is 9.78 Å². The number of hydrogen-bond acceptors (Lipinski definition) is 2. The summed E-state index contributed by atoms with van der Waals surface area (Å²) in [6, 6.07) is 0. The molecule has 0 aromatic heterocycles. The van der Waals surface area contributed by atoms with Gasteiger partial charge in [0, 0.05) is 11.8 Å². The zero-order valence-electron chi connectivity index (χ0n) is 15.9. The second-order valence-corrected chi connectivity index (χ2v) is 7.93. The van der Waals surface area contributed by atoms with Gasteiger partial charge in [0.15, 0.2) is 12.2 Å². The molecule has 126 valence electrons. The summed E-state index contributed by atoms with van der Waals surface area (Å²) in [5, 5.41) is 0. The van der Waals surface area contributed by atoms with Crippen molar-refractivity contribution in [3.63, 3.8) is 0 Å². The van der Waals surface area contributed by atoms with Gasteiger partial charge in [-0.15, -0.1) is 0 Å². The van der Waals surface area contributed by atoms with E-state index in [1.807, 2.05) is 0 Å². The Balaban J connectivity index is 5.02. The van der Waals surface area contributed by atoms with Crippen LogP contribution in [0.5, 0.6) is 0 Å². The maximum Gasteiger partial charge on any atom is 0.172 e. The minimum absolute atomic E-state index is 0.0461. The highest BCUT2D eigenvalue weighted by atomic mass is 17.2. The summed E-state index contributed by atoms with van der Waals surface area (Å²) >= 11 is 0. The molecule has 0 saturated heterocycles. The van der Waals surface area contributed by atoms with Gasteiger partial charge in [0.25, 0.3) is 0 Å². The SMILES string of the molecule is CCCCC#COOC#CC(CCC)(C(C)(C)C)C(C)(C)C. The van der Waals surface area contributed by atoms with Crippen LogP contribution in [0.1, 0.15) is 87.5 Å². The van der Waals surface area contributed by atoms with E-state index in [1.165, 1.54) is 0 Å². The molecule has 2 nitrogen and oxygen atoms in total. The second kappa shape index (κ2) is 8.99. The molecule has 0 spiro atoms. The summed E-state index contributed by atoms with van der Waals surface area (Å²) in [6.45, 7) is 17.8. The van der Waals surface area contributed by atoms with Crippen molar-refractivity contribution in [2.24, 2.45) is 16.2 Å². The first-order valence-corrected chi connectivity index (χ1v) is 8.45. The fourth-order valence-corrected chi connectivity index (χ4v) is 3.18. The molecule has 0 unspecified atom stereocenters. The molecule has 0 fully saturated rings. The number of rotatable bonds is 5. The summed E-state index contributed by atoms with van der Waals surface area (Å²) in [4.78, 5) is 9.82. The predicted octanol–water partition coefficient (Wildman–Crippen LogP) is 5.93. The van der Waals surface area contributed by atoms with Crippen LogP contribution in [0.25, 0.3) is 0 Å². The van der Waals surface area contributed by atoms with Crippen LogP contribution in [-0.2, 0) is 9.78 Å². The lowest BCUT2D eigenvalue weighted by Crippen LogP contribution is -2.45. The largest absolute Gasteiger partial charge is 0.224 e. The minimum atomic E-state index is -0.145. The molecule has 0 saturated carbocycles. The fraction of sp³-hybridized carbons (Fsp3) is 0.800. The lowest BCUT2D eigenvalue weighted by Gasteiger charge is -2.50. The molecule has 22 heavy (non-hydrogen) atoms. The average Bonchev–Trinajstić information content (AvgIpc) is 2.37. The molecule has 0 atom stereocenters. The lowest BCUT2D eigenvalue weighted by atomic mass is 9.53. The van der Waals surface area contributed by atoms with Crippen LogP contribution in [0, 0.1) is 40.3 Å². The van der Waals surface area contributed by atoms with Gasteiger partial charge in [-0.05, 0) is 29.6 Å². The van der Waals surface area contributed by atoms with Crippen LogP contribution in [-0.4, -0.2) is 0 Å². The van der Waals surface area contributed by atoms with Crippen molar-refractivity contribution < 1.29 is 9.78 Å². The van der Waals surface area contributed by atoms with Crippen molar-refractivity contribution in [3.05, 3.63) is 0 Å². The molecule has 0 rings (SSSR count). The smallest absolute Gasteiger partial charge is 0.172 e. The van der Waals surface area contributed by atoms with Gasteiger partial charge in [-0.2, -0.15) is 0 Å². The van der Waals surface area contributed by atoms with Gasteiger partial charge in [-0.3, -0.25) is 0 Å². The van der Waals surface area contributed by atoms with E-state index >= 15 is 0 Å². The Bertz CT molecular complexity index is 413. The van der Waals surface area contributed by atoms with Gasteiger partial charge < -0.3 is 0 Å². The van der Waals surface area contributed by atoms with Crippen LogP contribution >= 0.6 is 0 Å². The maximum absolute atomic E-state index is 4.97. The molecular formula is C20H34O2. The monoisotopic (exact) mass is 306 g/mol. The van der Waals surface area contributed by atoms with E-state index in [1.54, 1.807) is 0 Å². The molecule has 0 aromatic carbocycles. The molecule has 0 aliphatic carbocycles. The molecule has 0 heterocycles. The van der Waals surface area contributed by atoms with Crippen LogP contribution in [0.15, 0.2) is 0 Å². The molecule has 0 radical (unpaired) electrons. The van der Waals surface area contributed by atoms with E-state index in [9.17, 15) is 0 Å². The molecule has 0 amide bonds. The Morgan fingerprint density at radius 3 is 1.77 bits per heavy atom. The second-order valence-electron chi connectivity index (χ2n) is 7.93. The first-order valence-electron chi connectivity index (χ1n) is 8.45. The van der Waals surface area contributed by atoms with Gasteiger partial charge >= 0.3 is 0 Å². The summed E-state index contributed by atoms with van der Waals surface area (Å²) in [7, 11) is 0. The van der Waals surface area contributed by atoms with E-state index in [0.717, 1.165) is 32.1 Å². The highest BCUT2D eigenvalue weighted by Gasteiger charge is 2.49. The normalized spacial score (nSPS) is 11.8. The number of hydrogen-bond donors (Lipinski definition) is 0. The van der Waals surface area contributed by atoms with Gasteiger partial charge in [0.2, 0.25) is 0 Å². The van der Waals surface area contributed by atoms with Crippen LogP contribution in [0.4, 0.5) is 0 Å². The van der Waals surface area contributed by atoms with E-state index in [2.05, 4.69) is 79.4 Å². The topological polar surface area (TPSA) is 18.5 Å². The van der Waals surface area contributed by atoms with Crippen molar-refractivity contribution in [2.45, 2.75) is 87.5 Å². The Morgan fingerprint density at radius 1 is 0.773 bits per heavy atom. The zero-order valence-corrected chi connectivity index (χ0v) is 15.9. The Kier molecular flexibility index (Phi) is 8.47. The van der Waals surface area contributed by atoms with Crippen LogP contribution < -0.4 is 0 Å². The highest BCUT2D eigenvalue weighted by Crippen LogP contribution is 2.54. The van der Waals surface area contributed by atoms with E-state index in [4.69, 9.17) is 9.78 Å². The number of unbranched alkanes of at least 4 members (excludes halogenated alkanes) is 2. The van der Waals surface area contributed by atoms with Crippen molar-refractivity contribution >= 4 is 0 Å². The van der Waals surface area contributed by atoms with Crippen LogP contribution in [0.2, 0.25) is 0 Å². The summed E-state index contributed by atoms with van der Waals surface area (Å²) in [5.41, 5.74) is -0.0530. The standard InChI is InChI=1S/C20H34O2/c1-9-11-12-13-16-21-22-17-15-20(14-10-2,18(3,4)5)19(6,7)8/h9-12,14H2,1-8H3. The molecule has 0 aliphatic rings. The Labute approximate surface area is 138 Å². The predicted molar refractivity (Wildman–Crippen MR) is 93.5 cm³/mol. The van der Waals surface area contributed by atoms with Crippen LogP contribution in [0.3, 0.4) is 0 Å². The average molecular weight is 306 g/mol. The third kappa shape index (κ3) is 5.84. The third-order valence-electron chi connectivity index (χ3n) is 4.30. The van der Waals surface area contributed by atoms with Gasteiger partial charge in [0.05, 0.1) is 0 Å². The fourth-order valence-electron chi connectivity index (χ4n) is 3.18. The van der Waals surface area contributed by atoms with E-state index < -0.39 is 0 Å². The third-order valence-corrected chi connectivity index (χ3v) is 4.30. The molecule has 0 aliphatic heterocycles. The van der Waals surface area contributed by atoms with E-state index in [-0.39, 0.29) is 16.2 Å². The summed E-state index contributed by atoms with van der Waals surface area (Å²) in [5.74, 6) is 6.26. The quantitative estimate of drug-likeness (QED) is 0.271. The summed E-state index contributed by atoms with van der Waals surface area (Å²) in [6.07, 6.45) is 10.4. The lowest BCUT2D eigenvalue weighted by molar-refractivity contribution is -0.168. The maximum atomic E-state index is 4.97. The summed E-state index contributed by atoms with van der Waals surface area (Å²) < 4.78 is 0. The molecule has 0 N–H and O–H groups in total. The Hall–Kier alpha value is -1.28. The van der Waals surface area contributed by atoms with Gasteiger partial charge in [-0.1, -0.05) is 74.2 Å². The molecule has 0 bridgehead atoms. The Morgan fingerprint density at radius 2 is 1.32 bits per heavy atom. The molecule has 2 heteroatoms. The first-order chi connectivity index (χ1) is 10.1. The van der Waals surface area contributed by atoms with Gasteiger partial charge in [0.1, 0.15) is 0 Å². The van der Waals surface area contributed by atoms with Crippen molar-refractivity contribution in [1.29, 1.82) is 0 Å². The molecular weight excluding hydrogens is 272 g/mol. The van der Waals surface area contributed by atoms with Crippen molar-refractivity contribution in [2.75, 3.05) is 0 Å². The van der Waals surface area contributed by atoms with E-state index in [0.29, 0.717) is 0 Å². The zero-order chi connectivity index (χ0) is 17.3. The first kappa shape index (κ1) is 20.7. The minimum Gasteiger partial charge on any atom is -0.224 e. The van der Waals surface area contributed by atoms with Crippen molar-refractivity contribution in [1.82, 2.24) is 0 Å².